The second-order valence-corrected chi connectivity index (χ2v) is 8.20. The minimum absolute atomic E-state index is 0.00618. The van der Waals surface area contributed by atoms with E-state index in [1.807, 2.05) is 13.8 Å². The van der Waals surface area contributed by atoms with E-state index in [-0.39, 0.29) is 23.8 Å². The van der Waals surface area contributed by atoms with Crippen molar-refractivity contribution in [3.8, 4) is 11.5 Å². The highest BCUT2D eigenvalue weighted by Crippen LogP contribution is 2.41. The molecule has 2 atom stereocenters. The summed E-state index contributed by atoms with van der Waals surface area (Å²) < 4.78 is 16.2. The molecule has 0 saturated carbocycles. The minimum atomic E-state index is -1.33. The summed E-state index contributed by atoms with van der Waals surface area (Å²) in [5, 5.41) is 11.2. The van der Waals surface area contributed by atoms with Gasteiger partial charge in [-0.3, -0.25) is 4.79 Å². The van der Waals surface area contributed by atoms with E-state index < -0.39 is 18.4 Å². The molecule has 2 amide bonds. The summed E-state index contributed by atoms with van der Waals surface area (Å²) in [4.78, 5) is 30.0. The van der Waals surface area contributed by atoms with Crippen LogP contribution < -0.4 is 14.4 Å². The summed E-state index contributed by atoms with van der Waals surface area (Å²) in [5.41, 5.74) is 1.96. The zero-order valence-electron chi connectivity index (χ0n) is 19.8. The van der Waals surface area contributed by atoms with Gasteiger partial charge in [0, 0.05) is 17.5 Å². The molecular formula is C25H30N2O6S. The number of fused-ring (bicyclic) bond motifs is 2. The number of methoxy groups -OCH3 is 2. The van der Waals surface area contributed by atoms with E-state index in [4.69, 9.17) is 14.2 Å². The molecule has 2 aliphatic rings. The minimum Gasteiger partial charge on any atom is -0.493 e. The van der Waals surface area contributed by atoms with Gasteiger partial charge in [0.15, 0.2) is 17.7 Å². The topological polar surface area (TPSA) is 88.5 Å². The van der Waals surface area contributed by atoms with Gasteiger partial charge in [0.2, 0.25) is 0 Å². The molecule has 34 heavy (non-hydrogen) atoms. The summed E-state index contributed by atoms with van der Waals surface area (Å²) in [5.74, 6) is 0.328. The molecule has 1 fully saturated rings. The molecule has 1 unspecified atom stereocenters. The second kappa shape index (κ2) is 10.8. The molecule has 2 aromatic carbocycles. The molecule has 182 valence electrons. The lowest BCUT2D eigenvalue weighted by atomic mass is 10.1. The Morgan fingerprint density at radius 1 is 1.15 bits per heavy atom. The maximum absolute atomic E-state index is 13.3. The molecular weight excluding hydrogens is 456 g/mol. The molecule has 1 saturated heterocycles. The molecule has 0 spiro atoms. The van der Waals surface area contributed by atoms with Crippen LogP contribution in [0, 0.1) is 0 Å². The number of carbonyl (C=O) groups is 2. The van der Waals surface area contributed by atoms with Crippen molar-refractivity contribution in [3.05, 3.63) is 59.7 Å². The average Bonchev–Trinajstić information content (AvgIpc) is 3.22. The van der Waals surface area contributed by atoms with Gasteiger partial charge in [0.05, 0.1) is 31.5 Å². The van der Waals surface area contributed by atoms with E-state index in [1.165, 1.54) is 31.3 Å². The lowest BCUT2D eigenvalue weighted by molar-refractivity contribution is 0.0485. The third-order valence-corrected chi connectivity index (χ3v) is 5.95. The first-order valence-electron chi connectivity index (χ1n) is 11.0. The van der Waals surface area contributed by atoms with E-state index in [0.717, 1.165) is 20.9 Å². The zero-order chi connectivity index (χ0) is 25.0. The molecule has 2 aliphatic heterocycles. The third-order valence-electron chi connectivity index (χ3n) is 5.65. The number of amides is 2. The van der Waals surface area contributed by atoms with E-state index in [1.54, 1.807) is 24.3 Å². The number of aliphatic hydroxyl groups is 1. The SMILES string of the molecule is C=C1C[C@H]2C(O)N(C(=O)OCc3ccc(S)cc3)c3cc(OC)c(OC)cc3C(=O)N2C1.CC. The molecule has 1 N–H and O–H groups in total. The quantitative estimate of drug-likeness (QED) is 0.496. The van der Waals surface area contributed by atoms with Crippen LogP contribution in [0.4, 0.5) is 10.5 Å². The van der Waals surface area contributed by atoms with Crippen molar-refractivity contribution in [2.24, 2.45) is 0 Å². The maximum Gasteiger partial charge on any atom is 0.416 e. The van der Waals surface area contributed by atoms with Crippen LogP contribution in [0.25, 0.3) is 0 Å². The fourth-order valence-electron chi connectivity index (χ4n) is 4.04. The highest BCUT2D eigenvalue weighted by Gasteiger charge is 2.46. The standard InChI is InChI=1S/C23H24N2O6S.C2H6/c1-13-8-18-22(27)25(23(28)31-12-14-4-6-15(32)7-5-14)17-10-20(30-3)19(29-2)9-16(17)21(26)24(18)11-13;1-2/h4-7,9-10,18,22,27,32H,1,8,11-12H2,2-3H3;1-2H3/t18-,22?;/m0./s1. The van der Waals surface area contributed by atoms with Crippen LogP contribution in [0.5, 0.6) is 11.5 Å². The van der Waals surface area contributed by atoms with E-state index in [0.29, 0.717) is 24.5 Å². The molecule has 0 bridgehead atoms. The van der Waals surface area contributed by atoms with Gasteiger partial charge in [-0.2, -0.15) is 0 Å². The predicted molar refractivity (Wildman–Crippen MR) is 132 cm³/mol. The van der Waals surface area contributed by atoms with Gasteiger partial charge in [-0.25, -0.2) is 9.69 Å². The number of thiol groups is 1. The van der Waals surface area contributed by atoms with Crippen LogP contribution in [0.3, 0.4) is 0 Å². The molecule has 2 aromatic rings. The first kappa shape index (κ1) is 25.5. The zero-order valence-corrected chi connectivity index (χ0v) is 20.7. The number of nitrogens with zero attached hydrogens (tertiary/aromatic N) is 2. The Hall–Kier alpha value is -3.17. The number of rotatable bonds is 4. The van der Waals surface area contributed by atoms with Crippen molar-refractivity contribution in [2.75, 3.05) is 25.7 Å². The fraction of sp³-hybridized carbons (Fsp3) is 0.360. The van der Waals surface area contributed by atoms with Gasteiger partial charge >= 0.3 is 6.09 Å². The Kier molecular flexibility index (Phi) is 8.11. The van der Waals surface area contributed by atoms with E-state index in [9.17, 15) is 14.7 Å². The lowest BCUT2D eigenvalue weighted by Crippen LogP contribution is -2.50. The van der Waals surface area contributed by atoms with Crippen LogP contribution >= 0.6 is 12.6 Å². The largest absolute Gasteiger partial charge is 0.493 e. The first-order valence-corrected chi connectivity index (χ1v) is 11.4. The average molecular weight is 487 g/mol. The Bertz CT molecular complexity index is 1070. The van der Waals surface area contributed by atoms with Crippen molar-refractivity contribution in [1.82, 2.24) is 4.90 Å². The van der Waals surface area contributed by atoms with Gasteiger partial charge in [-0.05, 0) is 30.2 Å². The molecule has 8 nitrogen and oxygen atoms in total. The second-order valence-electron chi connectivity index (χ2n) is 7.68. The summed E-state index contributed by atoms with van der Waals surface area (Å²) >= 11 is 4.25. The maximum atomic E-state index is 13.3. The van der Waals surface area contributed by atoms with Crippen molar-refractivity contribution >= 4 is 30.3 Å². The van der Waals surface area contributed by atoms with Crippen molar-refractivity contribution in [2.45, 2.75) is 44.0 Å². The number of hydrogen-bond acceptors (Lipinski definition) is 7. The normalized spacial score (nSPS) is 18.9. The van der Waals surface area contributed by atoms with Crippen LogP contribution in [-0.2, 0) is 11.3 Å². The van der Waals surface area contributed by atoms with E-state index in [2.05, 4.69) is 19.2 Å². The summed E-state index contributed by atoms with van der Waals surface area (Å²) in [6, 6.07) is 9.54. The molecule has 0 aromatic heterocycles. The molecule has 0 radical (unpaired) electrons. The Labute approximate surface area is 205 Å². The fourth-order valence-corrected chi connectivity index (χ4v) is 4.19. The number of aliphatic hydroxyl groups excluding tert-OH is 1. The number of carbonyl (C=O) groups excluding carboxylic acids is 2. The van der Waals surface area contributed by atoms with Crippen LogP contribution in [0.15, 0.2) is 53.4 Å². The van der Waals surface area contributed by atoms with Gasteiger partial charge < -0.3 is 24.2 Å². The molecule has 0 aliphatic carbocycles. The number of anilines is 1. The molecule has 9 heteroatoms. The predicted octanol–water partition coefficient (Wildman–Crippen LogP) is 4.26. The van der Waals surface area contributed by atoms with Gasteiger partial charge in [0.25, 0.3) is 5.91 Å². The summed E-state index contributed by atoms with van der Waals surface area (Å²) in [6.07, 6.45) is -1.74. The smallest absolute Gasteiger partial charge is 0.416 e. The van der Waals surface area contributed by atoms with Crippen molar-refractivity contribution < 1.29 is 28.9 Å². The number of ether oxygens (including phenoxy) is 3. The number of benzene rings is 2. The van der Waals surface area contributed by atoms with Crippen LogP contribution in [0.1, 0.15) is 36.2 Å². The summed E-state index contributed by atoms with van der Waals surface area (Å²) in [7, 11) is 2.91. The van der Waals surface area contributed by atoms with Gasteiger partial charge in [-0.1, -0.05) is 38.1 Å². The Morgan fingerprint density at radius 3 is 2.38 bits per heavy atom. The van der Waals surface area contributed by atoms with Crippen molar-refractivity contribution in [3.63, 3.8) is 0 Å². The van der Waals surface area contributed by atoms with Gasteiger partial charge in [-0.15, -0.1) is 12.6 Å². The van der Waals surface area contributed by atoms with Crippen LogP contribution in [-0.4, -0.2) is 55.0 Å². The monoisotopic (exact) mass is 486 g/mol. The van der Waals surface area contributed by atoms with Crippen molar-refractivity contribution in [1.29, 1.82) is 0 Å². The van der Waals surface area contributed by atoms with Crippen LogP contribution in [0.2, 0.25) is 0 Å². The summed E-state index contributed by atoms with van der Waals surface area (Å²) in [6.45, 7) is 8.25. The highest BCUT2D eigenvalue weighted by molar-refractivity contribution is 7.80. The third kappa shape index (κ3) is 4.85. The highest BCUT2D eigenvalue weighted by atomic mass is 32.1. The number of hydrogen-bond donors (Lipinski definition) is 2. The lowest BCUT2D eigenvalue weighted by Gasteiger charge is -2.31. The van der Waals surface area contributed by atoms with Gasteiger partial charge in [0.1, 0.15) is 6.61 Å². The first-order chi connectivity index (χ1) is 16.3. The Morgan fingerprint density at radius 2 is 1.76 bits per heavy atom. The Balaban J connectivity index is 0.00000158. The molecule has 4 rings (SSSR count). The van der Waals surface area contributed by atoms with E-state index >= 15 is 0 Å². The molecule has 2 heterocycles.